The van der Waals surface area contributed by atoms with E-state index < -0.39 is 0 Å². The SMILES string of the molecule is COc1ccc(CN2CCC(NC(=O)NCC(c3cccc(F)c3)N(C)C)CC2)cc1F. The van der Waals surface area contributed by atoms with E-state index in [1.165, 1.54) is 25.3 Å². The number of amides is 2. The lowest BCUT2D eigenvalue weighted by atomic mass is 10.0. The highest BCUT2D eigenvalue weighted by atomic mass is 19.1. The van der Waals surface area contributed by atoms with Crippen LogP contribution in [0.3, 0.4) is 0 Å². The lowest BCUT2D eigenvalue weighted by Gasteiger charge is -2.32. The molecular weight excluding hydrogens is 414 g/mol. The molecule has 3 rings (SSSR count). The van der Waals surface area contributed by atoms with Gasteiger partial charge in [0.2, 0.25) is 0 Å². The van der Waals surface area contributed by atoms with Gasteiger partial charge in [0.15, 0.2) is 11.6 Å². The van der Waals surface area contributed by atoms with Crippen LogP contribution in [0.1, 0.15) is 30.0 Å². The van der Waals surface area contributed by atoms with Crippen molar-refractivity contribution in [2.24, 2.45) is 0 Å². The number of benzene rings is 2. The smallest absolute Gasteiger partial charge is 0.315 e. The molecule has 2 amide bonds. The van der Waals surface area contributed by atoms with Gasteiger partial charge >= 0.3 is 6.03 Å². The molecule has 0 radical (unpaired) electrons. The standard InChI is InChI=1S/C24H32F2N4O2/c1-29(2)22(18-5-4-6-19(25)14-18)15-27-24(31)28-20-9-11-30(12-10-20)16-17-7-8-23(32-3)21(26)13-17/h4-8,13-14,20,22H,9-12,15-16H2,1-3H3,(H2,27,28,31). The maximum absolute atomic E-state index is 13.9. The van der Waals surface area contributed by atoms with Gasteiger partial charge in [0.1, 0.15) is 5.82 Å². The van der Waals surface area contributed by atoms with Crippen molar-refractivity contribution in [3.8, 4) is 5.75 Å². The maximum atomic E-state index is 13.9. The summed E-state index contributed by atoms with van der Waals surface area (Å²) >= 11 is 0. The number of likely N-dealkylation sites (N-methyl/N-ethyl adjacent to an activating group) is 1. The van der Waals surface area contributed by atoms with E-state index in [0.29, 0.717) is 13.1 Å². The van der Waals surface area contributed by atoms with Crippen molar-refractivity contribution < 1.29 is 18.3 Å². The van der Waals surface area contributed by atoms with Gasteiger partial charge in [0.25, 0.3) is 0 Å². The van der Waals surface area contributed by atoms with E-state index >= 15 is 0 Å². The molecule has 0 saturated carbocycles. The minimum atomic E-state index is -0.354. The van der Waals surface area contributed by atoms with Gasteiger partial charge in [-0.2, -0.15) is 0 Å². The van der Waals surface area contributed by atoms with Crippen LogP contribution in [-0.2, 0) is 6.54 Å². The molecule has 1 saturated heterocycles. The van der Waals surface area contributed by atoms with Crippen molar-refractivity contribution in [2.45, 2.75) is 31.5 Å². The van der Waals surface area contributed by atoms with Crippen LogP contribution in [0.15, 0.2) is 42.5 Å². The number of methoxy groups -OCH3 is 1. The van der Waals surface area contributed by atoms with Crippen molar-refractivity contribution >= 4 is 6.03 Å². The number of halogens is 2. The van der Waals surface area contributed by atoms with Crippen molar-refractivity contribution in [1.82, 2.24) is 20.4 Å². The van der Waals surface area contributed by atoms with Gasteiger partial charge in [0, 0.05) is 32.2 Å². The van der Waals surface area contributed by atoms with Crippen LogP contribution in [0.2, 0.25) is 0 Å². The molecule has 0 aliphatic carbocycles. The van der Waals surface area contributed by atoms with E-state index in [-0.39, 0.29) is 35.5 Å². The number of carbonyl (C=O) groups is 1. The normalized spacial score (nSPS) is 16.1. The first-order valence-corrected chi connectivity index (χ1v) is 10.9. The molecular formula is C24H32F2N4O2. The Kier molecular flexibility index (Phi) is 8.41. The lowest BCUT2D eigenvalue weighted by Crippen LogP contribution is -2.48. The molecule has 0 bridgehead atoms. The van der Waals surface area contributed by atoms with E-state index in [9.17, 15) is 13.6 Å². The number of ether oxygens (including phenoxy) is 1. The first-order chi connectivity index (χ1) is 15.4. The third kappa shape index (κ3) is 6.64. The molecule has 1 atom stereocenters. The quantitative estimate of drug-likeness (QED) is 0.651. The summed E-state index contributed by atoms with van der Waals surface area (Å²) in [5, 5.41) is 5.95. The highest BCUT2D eigenvalue weighted by molar-refractivity contribution is 5.74. The Morgan fingerprint density at radius 3 is 2.56 bits per heavy atom. The Balaban J connectivity index is 1.43. The van der Waals surface area contributed by atoms with E-state index in [2.05, 4.69) is 15.5 Å². The molecule has 2 N–H and O–H groups in total. The molecule has 8 heteroatoms. The largest absolute Gasteiger partial charge is 0.494 e. The first kappa shape index (κ1) is 23.9. The minimum Gasteiger partial charge on any atom is -0.494 e. The van der Waals surface area contributed by atoms with Gasteiger partial charge in [-0.3, -0.25) is 4.90 Å². The Hall–Kier alpha value is -2.71. The second kappa shape index (κ2) is 11.2. The molecule has 1 aliphatic rings. The summed E-state index contributed by atoms with van der Waals surface area (Å²) in [4.78, 5) is 16.6. The fourth-order valence-corrected chi connectivity index (χ4v) is 4.04. The highest BCUT2D eigenvalue weighted by Gasteiger charge is 2.22. The molecule has 2 aromatic rings. The van der Waals surface area contributed by atoms with E-state index in [0.717, 1.165) is 37.1 Å². The number of piperidine rings is 1. The molecule has 1 heterocycles. The molecule has 1 fully saturated rings. The van der Waals surface area contributed by atoms with Crippen molar-refractivity contribution in [3.63, 3.8) is 0 Å². The zero-order valence-electron chi connectivity index (χ0n) is 18.9. The number of nitrogens with one attached hydrogen (secondary N) is 2. The summed E-state index contributed by atoms with van der Waals surface area (Å²) < 4.78 is 32.4. The first-order valence-electron chi connectivity index (χ1n) is 10.9. The van der Waals surface area contributed by atoms with Crippen LogP contribution in [-0.4, -0.2) is 62.7 Å². The van der Waals surface area contributed by atoms with E-state index in [1.54, 1.807) is 12.1 Å². The van der Waals surface area contributed by atoms with Gasteiger partial charge in [0.05, 0.1) is 13.2 Å². The second-order valence-electron chi connectivity index (χ2n) is 8.41. The highest BCUT2D eigenvalue weighted by Crippen LogP contribution is 2.21. The van der Waals surface area contributed by atoms with Crippen LogP contribution in [0, 0.1) is 11.6 Å². The summed E-state index contributed by atoms with van der Waals surface area (Å²) in [5.74, 6) is -0.396. The molecule has 174 valence electrons. The van der Waals surface area contributed by atoms with Crippen LogP contribution in [0.4, 0.5) is 13.6 Å². The Morgan fingerprint density at radius 2 is 1.94 bits per heavy atom. The summed E-state index contributed by atoms with van der Waals surface area (Å²) in [7, 11) is 5.26. The average Bonchev–Trinajstić information content (AvgIpc) is 2.75. The van der Waals surface area contributed by atoms with Crippen molar-refractivity contribution in [1.29, 1.82) is 0 Å². The lowest BCUT2D eigenvalue weighted by molar-refractivity contribution is 0.185. The number of likely N-dealkylation sites (tertiary alicyclic amines) is 1. The van der Waals surface area contributed by atoms with Crippen LogP contribution in [0.25, 0.3) is 0 Å². The van der Waals surface area contributed by atoms with Crippen molar-refractivity contribution in [2.75, 3.05) is 40.8 Å². The van der Waals surface area contributed by atoms with Crippen LogP contribution < -0.4 is 15.4 Å². The third-order valence-electron chi connectivity index (χ3n) is 5.86. The topological polar surface area (TPSA) is 56.8 Å². The van der Waals surface area contributed by atoms with Gasteiger partial charge in [-0.25, -0.2) is 13.6 Å². The Labute approximate surface area is 188 Å². The van der Waals surface area contributed by atoms with Gasteiger partial charge in [-0.05, 0) is 62.3 Å². The number of hydrogen-bond acceptors (Lipinski definition) is 4. The van der Waals surface area contributed by atoms with Gasteiger partial charge in [-0.15, -0.1) is 0 Å². The zero-order valence-corrected chi connectivity index (χ0v) is 18.9. The summed E-state index contributed by atoms with van der Waals surface area (Å²) in [5.41, 5.74) is 1.72. The molecule has 1 aliphatic heterocycles. The van der Waals surface area contributed by atoms with Gasteiger partial charge in [-0.1, -0.05) is 18.2 Å². The average molecular weight is 447 g/mol. The molecule has 0 spiro atoms. The number of urea groups is 1. The van der Waals surface area contributed by atoms with E-state index in [1.807, 2.05) is 31.1 Å². The molecule has 2 aromatic carbocycles. The van der Waals surface area contributed by atoms with Crippen LogP contribution >= 0.6 is 0 Å². The summed E-state index contributed by atoms with van der Waals surface area (Å²) in [6, 6.07) is 11.2. The monoisotopic (exact) mass is 446 g/mol. The molecule has 32 heavy (non-hydrogen) atoms. The number of rotatable bonds is 8. The number of hydrogen-bond donors (Lipinski definition) is 2. The number of nitrogens with zero attached hydrogens (tertiary/aromatic N) is 2. The Bertz CT molecular complexity index is 901. The minimum absolute atomic E-state index is 0.0887. The molecule has 6 nitrogen and oxygen atoms in total. The predicted molar refractivity (Wildman–Crippen MR) is 121 cm³/mol. The van der Waals surface area contributed by atoms with Crippen LogP contribution in [0.5, 0.6) is 5.75 Å². The summed E-state index contributed by atoms with van der Waals surface area (Å²) in [6.45, 7) is 2.69. The predicted octanol–water partition coefficient (Wildman–Crippen LogP) is 3.54. The summed E-state index contributed by atoms with van der Waals surface area (Å²) in [6.07, 6.45) is 1.65. The second-order valence-corrected chi connectivity index (χ2v) is 8.41. The van der Waals surface area contributed by atoms with E-state index in [4.69, 9.17) is 4.74 Å². The zero-order chi connectivity index (χ0) is 23.1. The van der Waals surface area contributed by atoms with Crippen molar-refractivity contribution in [3.05, 3.63) is 65.2 Å². The third-order valence-corrected chi connectivity index (χ3v) is 5.86. The number of carbonyl (C=O) groups excluding carboxylic acids is 1. The fraction of sp³-hybridized carbons (Fsp3) is 0.458. The Morgan fingerprint density at radius 1 is 1.19 bits per heavy atom. The van der Waals surface area contributed by atoms with Gasteiger partial charge < -0.3 is 20.3 Å². The molecule has 1 unspecified atom stereocenters. The maximum Gasteiger partial charge on any atom is 0.315 e. The molecule has 0 aromatic heterocycles. The fourth-order valence-electron chi connectivity index (χ4n) is 4.04.